The third-order valence-electron chi connectivity index (χ3n) is 4.40. The Labute approximate surface area is 118 Å². The number of H-pyrrole nitrogens is 1. The zero-order chi connectivity index (χ0) is 14.5. The molecule has 0 spiro atoms. The van der Waals surface area contributed by atoms with Crippen LogP contribution in [0.4, 0.5) is 0 Å². The maximum atomic E-state index is 11.2. The first-order valence-corrected chi connectivity index (χ1v) is 6.76. The van der Waals surface area contributed by atoms with Gasteiger partial charge in [-0.1, -0.05) is 12.1 Å². The van der Waals surface area contributed by atoms with Crippen LogP contribution in [0.2, 0.25) is 0 Å². The molecule has 104 valence electrons. The average Bonchev–Trinajstić information content (AvgIpc) is 2.88. The minimum atomic E-state index is -0.460. The number of aromatic nitrogens is 1. The van der Waals surface area contributed by atoms with E-state index in [0.717, 1.165) is 22.7 Å². The van der Waals surface area contributed by atoms with Crippen molar-refractivity contribution in [2.45, 2.75) is 38.9 Å². The van der Waals surface area contributed by atoms with Gasteiger partial charge in [-0.15, -0.1) is 0 Å². The van der Waals surface area contributed by atoms with E-state index >= 15 is 0 Å². The van der Waals surface area contributed by atoms with Gasteiger partial charge in [-0.25, -0.2) is 0 Å². The number of nitrogens with one attached hydrogen (secondary N) is 1. The highest BCUT2D eigenvalue weighted by Gasteiger charge is 2.52. The first-order valence-electron chi connectivity index (χ1n) is 6.76. The summed E-state index contributed by atoms with van der Waals surface area (Å²) in [5.41, 5.74) is 1.66. The van der Waals surface area contributed by atoms with Gasteiger partial charge >= 0.3 is 7.12 Å². The second kappa shape index (κ2) is 4.20. The molecule has 0 amide bonds. The van der Waals surface area contributed by atoms with E-state index in [-0.39, 0.29) is 0 Å². The van der Waals surface area contributed by atoms with Crippen molar-refractivity contribution in [1.82, 2.24) is 4.98 Å². The van der Waals surface area contributed by atoms with Crippen molar-refractivity contribution in [1.29, 1.82) is 0 Å². The van der Waals surface area contributed by atoms with Crippen molar-refractivity contribution in [2.24, 2.45) is 0 Å². The Morgan fingerprint density at radius 2 is 1.80 bits per heavy atom. The maximum absolute atomic E-state index is 11.2. The van der Waals surface area contributed by atoms with Gasteiger partial charge in [-0.3, -0.25) is 4.79 Å². The number of carbonyl (C=O) groups excluding carboxylic acids is 1. The number of fused-ring (bicyclic) bond motifs is 1. The molecule has 0 unspecified atom stereocenters. The summed E-state index contributed by atoms with van der Waals surface area (Å²) >= 11 is 0. The smallest absolute Gasteiger partial charge is 0.399 e. The molecule has 0 bridgehead atoms. The van der Waals surface area contributed by atoms with Crippen molar-refractivity contribution < 1.29 is 14.1 Å². The summed E-state index contributed by atoms with van der Waals surface area (Å²) in [4.78, 5) is 14.3. The molecule has 1 aliphatic rings. The van der Waals surface area contributed by atoms with Gasteiger partial charge in [0, 0.05) is 22.7 Å². The molecule has 0 radical (unpaired) electrons. The monoisotopic (exact) mass is 271 g/mol. The van der Waals surface area contributed by atoms with E-state index in [1.165, 1.54) is 0 Å². The van der Waals surface area contributed by atoms with E-state index in [9.17, 15) is 4.79 Å². The first kappa shape index (κ1) is 13.4. The number of benzene rings is 1. The van der Waals surface area contributed by atoms with E-state index in [4.69, 9.17) is 9.31 Å². The fraction of sp³-hybridized carbons (Fsp3) is 0.400. The SMILES string of the molecule is CC1(C)OB(c2cccc3[nH]cc(C=O)c23)OC1(C)C. The van der Waals surface area contributed by atoms with Crippen LogP contribution in [0.1, 0.15) is 38.1 Å². The molecule has 1 saturated heterocycles. The van der Waals surface area contributed by atoms with Crippen LogP contribution >= 0.6 is 0 Å². The molecule has 5 heteroatoms. The van der Waals surface area contributed by atoms with Gasteiger partial charge in [0.15, 0.2) is 6.29 Å². The Hall–Kier alpha value is -1.59. The highest BCUT2D eigenvalue weighted by atomic mass is 16.7. The fourth-order valence-corrected chi connectivity index (χ4v) is 2.50. The Balaban J connectivity index is 2.12. The van der Waals surface area contributed by atoms with Gasteiger partial charge in [0.1, 0.15) is 0 Å². The van der Waals surface area contributed by atoms with Crippen LogP contribution in [0, 0.1) is 0 Å². The van der Waals surface area contributed by atoms with Crippen molar-refractivity contribution in [3.8, 4) is 0 Å². The molecule has 0 atom stereocenters. The lowest BCUT2D eigenvalue weighted by molar-refractivity contribution is 0.00578. The third-order valence-corrected chi connectivity index (χ3v) is 4.40. The Bertz CT molecular complexity index is 659. The molecule has 2 heterocycles. The first-order chi connectivity index (χ1) is 9.36. The lowest BCUT2D eigenvalue weighted by atomic mass is 9.76. The minimum Gasteiger partial charge on any atom is -0.399 e. The second-order valence-electron chi connectivity index (χ2n) is 6.22. The summed E-state index contributed by atoms with van der Waals surface area (Å²) in [6.07, 6.45) is 2.57. The zero-order valence-electron chi connectivity index (χ0n) is 12.2. The predicted octanol–water partition coefficient (Wildman–Crippen LogP) is 2.28. The molecule has 0 saturated carbocycles. The molecule has 3 rings (SSSR count). The quantitative estimate of drug-likeness (QED) is 0.673. The molecule has 1 aliphatic heterocycles. The van der Waals surface area contributed by atoms with Crippen LogP contribution in [0.5, 0.6) is 0 Å². The fourth-order valence-electron chi connectivity index (χ4n) is 2.50. The highest BCUT2D eigenvalue weighted by Crippen LogP contribution is 2.37. The number of hydrogen-bond acceptors (Lipinski definition) is 3. The van der Waals surface area contributed by atoms with Crippen molar-refractivity contribution >= 4 is 29.8 Å². The molecule has 1 fully saturated rings. The van der Waals surface area contributed by atoms with Crippen molar-refractivity contribution in [3.05, 3.63) is 30.0 Å². The van der Waals surface area contributed by atoms with Crippen LogP contribution in [0.3, 0.4) is 0 Å². The zero-order valence-corrected chi connectivity index (χ0v) is 12.2. The van der Waals surface area contributed by atoms with E-state index in [1.807, 2.05) is 45.9 Å². The molecular weight excluding hydrogens is 253 g/mol. The van der Waals surface area contributed by atoms with Gasteiger partial charge in [-0.05, 0) is 39.2 Å². The van der Waals surface area contributed by atoms with Crippen LogP contribution < -0.4 is 5.46 Å². The summed E-state index contributed by atoms with van der Waals surface area (Å²) in [5.74, 6) is 0. The van der Waals surface area contributed by atoms with E-state index in [0.29, 0.717) is 5.56 Å². The molecular formula is C15H18BNO3. The highest BCUT2D eigenvalue weighted by molar-refractivity contribution is 6.65. The standard InChI is InChI=1S/C15H18BNO3/c1-14(2)15(3,4)20-16(19-14)11-6-5-7-12-13(11)10(9-18)8-17-12/h5-9,17H,1-4H3. The molecule has 2 aromatic rings. The number of carbonyl (C=O) groups is 1. The molecule has 1 aromatic heterocycles. The van der Waals surface area contributed by atoms with Gasteiger partial charge < -0.3 is 14.3 Å². The van der Waals surface area contributed by atoms with Crippen LogP contribution in [-0.4, -0.2) is 29.6 Å². The summed E-state index contributed by atoms with van der Waals surface area (Å²) in [6, 6.07) is 5.83. The average molecular weight is 271 g/mol. The number of aromatic amines is 1. The van der Waals surface area contributed by atoms with Crippen LogP contribution in [0.15, 0.2) is 24.4 Å². The molecule has 1 aromatic carbocycles. The summed E-state index contributed by atoms with van der Waals surface area (Å²) in [7, 11) is -0.460. The third kappa shape index (κ3) is 1.81. The second-order valence-corrected chi connectivity index (χ2v) is 6.22. The molecule has 1 N–H and O–H groups in total. The largest absolute Gasteiger partial charge is 0.495 e. The van der Waals surface area contributed by atoms with Crippen LogP contribution in [-0.2, 0) is 9.31 Å². The lowest BCUT2D eigenvalue weighted by Crippen LogP contribution is -2.41. The van der Waals surface area contributed by atoms with Gasteiger partial charge in [0.05, 0.1) is 11.2 Å². The molecule has 0 aliphatic carbocycles. The normalized spacial score (nSPS) is 20.5. The summed E-state index contributed by atoms with van der Waals surface area (Å²) in [5, 5.41) is 0.876. The molecule has 20 heavy (non-hydrogen) atoms. The summed E-state index contributed by atoms with van der Waals surface area (Å²) < 4.78 is 12.2. The minimum absolute atomic E-state index is 0.391. The topological polar surface area (TPSA) is 51.3 Å². The van der Waals surface area contributed by atoms with Crippen molar-refractivity contribution in [2.75, 3.05) is 0 Å². The van der Waals surface area contributed by atoms with Gasteiger partial charge in [0.25, 0.3) is 0 Å². The lowest BCUT2D eigenvalue weighted by Gasteiger charge is -2.32. The van der Waals surface area contributed by atoms with E-state index in [1.54, 1.807) is 6.20 Å². The Morgan fingerprint density at radius 3 is 2.40 bits per heavy atom. The number of aldehydes is 1. The molecule has 4 nitrogen and oxygen atoms in total. The number of hydrogen-bond donors (Lipinski definition) is 1. The summed E-state index contributed by atoms with van der Waals surface area (Å²) in [6.45, 7) is 8.07. The van der Waals surface area contributed by atoms with E-state index < -0.39 is 18.3 Å². The van der Waals surface area contributed by atoms with Gasteiger partial charge in [-0.2, -0.15) is 0 Å². The van der Waals surface area contributed by atoms with Crippen molar-refractivity contribution in [3.63, 3.8) is 0 Å². The Morgan fingerprint density at radius 1 is 1.15 bits per heavy atom. The van der Waals surface area contributed by atoms with Crippen LogP contribution in [0.25, 0.3) is 10.9 Å². The Kier molecular flexibility index (Phi) is 2.82. The number of rotatable bonds is 2. The van der Waals surface area contributed by atoms with E-state index in [2.05, 4.69) is 4.98 Å². The van der Waals surface area contributed by atoms with Gasteiger partial charge in [0.2, 0.25) is 0 Å². The predicted molar refractivity (Wildman–Crippen MR) is 79.4 cm³/mol. The maximum Gasteiger partial charge on any atom is 0.495 e.